The fraction of sp³-hybridized carbons (Fsp3) is 0.500. The predicted octanol–water partition coefficient (Wildman–Crippen LogP) is 4.46. The van der Waals surface area contributed by atoms with Gasteiger partial charge in [-0.3, -0.25) is 0 Å². The van der Waals surface area contributed by atoms with Crippen LogP contribution in [0.1, 0.15) is 5.56 Å². The van der Waals surface area contributed by atoms with Crippen LogP contribution in [0, 0.1) is 11.7 Å². The predicted molar refractivity (Wildman–Crippen MR) is 66.3 cm³/mol. The lowest BCUT2D eigenvalue weighted by molar-refractivity contribution is -0.291. The third-order valence-electron chi connectivity index (χ3n) is 2.93. The molecule has 0 aliphatic heterocycles. The molecule has 21 heavy (non-hydrogen) atoms. The highest BCUT2D eigenvalue weighted by Crippen LogP contribution is 2.42. The van der Waals surface area contributed by atoms with Crippen LogP contribution in [0.2, 0.25) is 0 Å². The smallest absolute Gasteiger partial charge is 0.316 e. The van der Waals surface area contributed by atoms with E-state index in [1.165, 1.54) is 6.07 Å². The van der Waals surface area contributed by atoms with Crippen molar-refractivity contribution in [3.8, 4) is 0 Å². The van der Waals surface area contributed by atoms with Gasteiger partial charge in [-0.05, 0) is 31.2 Å². The Hall–Kier alpha value is -0.830. The summed E-state index contributed by atoms with van der Waals surface area (Å²) in [6.45, 7) is 0. The van der Waals surface area contributed by atoms with Crippen molar-refractivity contribution in [2.45, 2.75) is 24.8 Å². The van der Waals surface area contributed by atoms with Crippen molar-refractivity contribution in [2.24, 2.45) is 5.92 Å². The Bertz CT molecular complexity index is 469. The van der Waals surface area contributed by atoms with Crippen LogP contribution in [0.15, 0.2) is 22.7 Å². The van der Waals surface area contributed by atoms with E-state index in [0.717, 1.165) is 19.2 Å². The van der Waals surface area contributed by atoms with Crippen molar-refractivity contribution >= 4 is 15.9 Å². The highest BCUT2D eigenvalue weighted by molar-refractivity contribution is 9.10. The molecule has 0 aliphatic rings. The van der Waals surface area contributed by atoms with Gasteiger partial charge in [0.2, 0.25) is 0 Å². The van der Waals surface area contributed by atoms with Crippen molar-refractivity contribution < 1.29 is 30.7 Å². The average Bonchev–Trinajstić information content (AvgIpc) is 2.27. The lowest BCUT2D eigenvalue weighted by atomic mass is 9.92. The SMILES string of the molecule is CNC(Cc1ccc(Br)cc1F)C(C(F)(F)F)C(F)(F)F. The number of rotatable bonds is 4. The molecule has 0 saturated carbocycles. The third kappa shape index (κ3) is 4.84. The van der Waals surface area contributed by atoms with E-state index in [0.29, 0.717) is 4.47 Å². The molecule has 0 aliphatic carbocycles. The van der Waals surface area contributed by atoms with Crippen molar-refractivity contribution in [1.29, 1.82) is 0 Å². The molecule has 9 heteroatoms. The minimum Gasteiger partial charge on any atom is -0.316 e. The maximum atomic E-state index is 13.6. The van der Waals surface area contributed by atoms with Crippen molar-refractivity contribution in [1.82, 2.24) is 5.32 Å². The molecule has 1 unspecified atom stereocenters. The van der Waals surface area contributed by atoms with E-state index >= 15 is 0 Å². The standard InChI is InChI=1S/C12H11BrF7N/c1-21-9(10(11(15,16)17)12(18,19)20)4-6-2-3-7(13)5-8(6)14/h2-3,5,9-10,21H,4H2,1H3. The van der Waals surface area contributed by atoms with Gasteiger partial charge in [0, 0.05) is 10.5 Å². The van der Waals surface area contributed by atoms with Crippen LogP contribution in [0.5, 0.6) is 0 Å². The Morgan fingerprint density at radius 3 is 2.00 bits per heavy atom. The molecule has 1 aromatic rings. The molecule has 0 heterocycles. The fourth-order valence-electron chi connectivity index (χ4n) is 1.95. The Morgan fingerprint density at radius 2 is 1.62 bits per heavy atom. The molecule has 0 spiro atoms. The van der Waals surface area contributed by atoms with Crippen LogP contribution in [-0.4, -0.2) is 25.4 Å². The maximum Gasteiger partial charge on any atom is 0.402 e. The van der Waals surface area contributed by atoms with Gasteiger partial charge in [0.05, 0.1) is 0 Å². The number of hydrogen-bond acceptors (Lipinski definition) is 1. The number of benzene rings is 1. The molecule has 1 atom stereocenters. The summed E-state index contributed by atoms with van der Waals surface area (Å²) in [5.41, 5.74) is -0.226. The van der Waals surface area contributed by atoms with Gasteiger partial charge in [-0.15, -0.1) is 0 Å². The zero-order chi connectivity index (χ0) is 16.4. The molecule has 0 fully saturated rings. The van der Waals surface area contributed by atoms with Crippen LogP contribution in [0.4, 0.5) is 30.7 Å². The van der Waals surface area contributed by atoms with Gasteiger partial charge in [-0.25, -0.2) is 4.39 Å². The molecule has 1 N–H and O–H groups in total. The highest BCUT2D eigenvalue weighted by atomic mass is 79.9. The summed E-state index contributed by atoms with van der Waals surface area (Å²) in [6.07, 6.45) is -11.7. The fourth-order valence-corrected chi connectivity index (χ4v) is 2.29. The van der Waals surface area contributed by atoms with Crippen molar-refractivity contribution in [3.63, 3.8) is 0 Å². The van der Waals surface area contributed by atoms with E-state index in [1.807, 2.05) is 5.32 Å². The first-order chi connectivity index (χ1) is 9.46. The summed E-state index contributed by atoms with van der Waals surface area (Å²) >= 11 is 2.96. The minimum absolute atomic E-state index is 0.226. The van der Waals surface area contributed by atoms with Crippen LogP contribution in [0.25, 0.3) is 0 Å². The maximum absolute atomic E-state index is 13.6. The largest absolute Gasteiger partial charge is 0.402 e. The van der Waals surface area contributed by atoms with Gasteiger partial charge in [-0.2, -0.15) is 26.3 Å². The monoisotopic (exact) mass is 381 g/mol. The van der Waals surface area contributed by atoms with Crippen molar-refractivity contribution in [3.05, 3.63) is 34.1 Å². The second-order valence-electron chi connectivity index (χ2n) is 4.40. The lowest BCUT2D eigenvalue weighted by Gasteiger charge is -2.30. The topological polar surface area (TPSA) is 12.0 Å². The van der Waals surface area contributed by atoms with Crippen LogP contribution in [-0.2, 0) is 6.42 Å². The van der Waals surface area contributed by atoms with Crippen LogP contribution in [0.3, 0.4) is 0 Å². The molecular weight excluding hydrogens is 371 g/mol. The van der Waals surface area contributed by atoms with Gasteiger partial charge in [0.1, 0.15) is 5.82 Å². The quantitative estimate of drug-likeness (QED) is 0.759. The second-order valence-corrected chi connectivity index (χ2v) is 5.31. The van der Waals surface area contributed by atoms with E-state index in [4.69, 9.17) is 0 Å². The molecule has 0 bridgehead atoms. The molecule has 1 rings (SSSR count). The number of nitrogens with one attached hydrogen (secondary N) is 1. The number of alkyl halides is 6. The average molecular weight is 382 g/mol. The molecule has 1 aromatic carbocycles. The van der Waals surface area contributed by atoms with E-state index in [-0.39, 0.29) is 5.56 Å². The zero-order valence-electron chi connectivity index (χ0n) is 10.6. The first-order valence-corrected chi connectivity index (χ1v) is 6.50. The molecule has 0 aromatic heterocycles. The van der Waals surface area contributed by atoms with E-state index in [2.05, 4.69) is 15.9 Å². The molecule has 0 amide bonds. The molecule has 0 radical (unpaired) electrons. The third-order valence-corrected chi connectivity index (χ3v) is 3.43. The molecule has 1 nitrogen and oxygen atoms in total. The number of hydrogen-bond donors (Lipinski definition) is 1. The van der Waals surface area contributed by atoms with Gasteiger partial charge < -0.3 is 5.32 Å². The number of halogens is 8. The van der Waals surface area contributed by atoms with Gasteiger partial charge >= 0.3 is 12.4 Å². The Kier molecular flexibility index (Phi) is 5.65. The summed E-state index contributed by atoms with van der Waals surface area (Å²) in [7, 11) is 0.978. The number of likely N-dealkylation sites (N-methyl/N-ethyl adjacent to an activating group) is 1. The van der Waals surface area contributed by atoms with Crippen LogP contribution < -0.4 is 5.32 Å². The first kappa shape index (κ1) is 18.2. The second kappa shape index (κ2) is 6.51. The van der Waals surface area contributed by atoms with Gasteiger partial charge in [0.15, 0.2) is 5.92 Å². The molecule has 0 saturated heterocycles. The molecule has 120 valence electrons. The zero-order valence-corrected chi connectivity index (χ0v) is 12.2. The lowest BCUT2D eigenvalue weighted by Crippen LogP contribution is -2.51. The van der Waals surface area contributed by atoms with Gasteiger partial charge in [0.25, 0.3) is 0 Å². The Labute approximate surface area is 124 Å². The summed E-state index contributed by atoms with van der Waals surface area (Å²) in [5.74, 6) is -4.44. The van der Waals surface area contributed by atoms with E-state index in [1.54, 1.807) is 0 Å². The first-order valence-electron chi connectivity index (χ1n) is 5.71. The minimum atomic E-state index is -5.47. The summed E-state index contributed by atoms with van der Waals surface area (Å²) in [6, 6.07) is 1.47. The summed E-state index contributed by atoms with van der Waals surface area (Å²) in [4.78, 5) is 0. The highest BCUT2D eigenvalue weighted by Gasteiger charge is 2.59. The normalized spacial score (nSPS) is 14.6. The Balaban J connectivity index is 3.10. The molecular formula is C12H11BrF7N. The van der Waals surface area contributed by atoms with E-state index in [9.17, 15) is 30.7 Å². The summed E-state index contributed by atoms with van der Waals surface area (Å²) in [5, 5.41) is 1.99. The van der Waals surface area contributed by atoms with E-state index < -0.39 is 36.6 Å². The van der Waals surface area contributed by atoms with Crippen molar-refractivity contribution in [2.75, 3.05) is 7.05 Å². The van der Waals surface area contributed by atoms with Crippen LogP contribution >= 0.6 is 15.9 Å². The van der Waals surface area contributed by atoms with Gasteiger partial charge in [-0.1, -0.05) is 22.0 Å². The Morgan fingerprint density at radius 1 is 1.10 bits per heavy atom. The summed E-state index contributed by atoms with van der Waals surface area (Å²) < 4.78 is 89.9.